The van der Waals surface area contributed by atoms with E-state index in [-0.39, 0.29) is 12.3 Å². The molecule has 1 atom stereocenters. The van der Waals surface area contributed by atoms with E-state index in [0.717, 1.165) is 37.7 Å². The van der Waals surface area contributed by atoms with E-state index in [1.165, 1.54) is 37.3 Å². The van der Waals surface area contributed by atoms with Crippen molar-refractivity contribution in [1.82, 2.24) is 10.2 Å². The molecule has 5 nitrogen and oxygen atoms in total. The highest BCUT2D eigenvalue weighted by Gasteiger charge is 2.43. The van der Waals surface area contributed by atoms with E-state index >= 15 is 0 Å². The molecule has 0 aliphatic rings. The fourth-order valence-corrected chi connectivity index (χ4v) is 3.60. The van der Waals surface area contributed by atoms with Gasteiger partial charge in [0.1, 0.15) is 6.61 Å². The second kappa shape index (κ2) is 15.4. The summed E-state index contributed by atoms with van der Waals surface area (Å²) in [5.74, 6) is -0.941. The number of benzene rings is 1. The fraction of sp³-hybridized carbons (Fsp3) is 0.593. The first kappa shape index (κ1) is 28.6. The molecule has 1 heterocycles. The Labute approximate surface area is 206 Å². The first-order valence-corrected chi connectivity index (χ1v) is 12.7. The number of hydrogen-bond donors (Lipinski definition) is 0. The standard InChI is InChI=1S/C27H37F3N2O3/c1-3-5-7-9-10-12-21-14-16-22(17-15-21)23-18-19-25(32-31-23)34-20-24(27(28,29)30)35-26(33)13-11-8-6-4-2/h14-19,24H,3-13,20H2,1-2H3. The Kier molecular flexibility index (Phi) is 12.6. The van der Waals surface area contributed by atoms with Crippen LogP contribution in [0.25, 0.3) is 11.3 Å². The largest absolute Gasteiger partial charge is 0.472 e. The lowest BCUT2D eigenvalue weighted by Gasteiger charge is -2.20. The summed E-state index contributed by atoms with van der Waals surface area (Å²) in [6.07, 6.45) is 3.26. The summed E-state index contributed by atoms with van der Waals surface area (Å²) in [4.78, 5) is 11.8. The number of hydrogen-bond acceptors (Lipinski definition) is 5. The van der Waals surface area contributed by atoms with Crippen molar-refractivity contribution in [2.45, 2.75) is 96.8 Å². The topological polar surface area (TPSA) is 61.3 Å². The van der Waals surface area contributed by atoms with Crippen LogP contribution in [-0.4, -0.2) is 35.1 Å². The Morgan fingerprint density at radius 1 is 0.857 bits per heavy atom. The van der Waals surface area contributed by atoms with Gasteiger partial charge in [0, 0.05) is 18.1 Å². The minimum Gasteiger partial charge on any atom is -0.472 e. The molecule has 1 unspecified atom stereocenters. The zero-order chi connectivity index (χ0) is 25.5. The normalized spacial score (nSPS) is 12.4. The molecule has 0 saturated heterocycles. The molecule has 0 saturated carbocycles. The molecule has 0 radical (unpaired) electrons. The molecule has 0 aliphatic heterocycles. The van der Waals surface area contributed by atoms with Gasteiger partial charge in [0.25, 0.3) is 0 Å². The highest BCUT2D eigenvalue weighted by Crippen LogP contribution is 2.25. The molecule has 2 aromatic rings. The van der Waals surface area contributed by atoms with Crippen molar-refractivity contribution in [2.75, 3.05) is 6.61 Å². The van der Waals surface area contributed by atoms with Gasteiger partial charge < -0.3 is 9.47 Å². The average Bonchev–Trinajstić information content (AvgIpc) is 2.84. The summed E-state index contributed by atoms with van der Waals surface area (Å²) in [7, 11) is 0. The minimum atomic E-state index is -4.73. The number of alkyl halides is 3. The van der Waals surface area contributed by atoms with Crippen LogP contribution in [0.1, 0.15) is 83.6 Å². The molecular formula is C27H37F3N2O3. The molecule has 0 N–H and O–H groups in total. The van der Waals surface area contributed by atoms with Gasteiger partial charge in [-0.2, -0.15) is 13.2 Å². The van der Waals surface area contributed by atoms with Gasteiger partial charge in [0.2, 0.25) is 12.0 Å². The van der Waals surface area contributed by atoms with Crippen LogP contribution < -0.4 is 4.74 Å². The van der Waals surface area contributed by atoms with Crippen LogP contribution in [-0.2, 0) is 16.0 Å². The monoisotopic (exact) mass is 494 g/mol. The molecular weight excluding hydrogens is 457 g/mol. The number of rotatable bonds is 16. The van der Waals surface area contributed by atoms with E-state index < -0.39 is 24.9 Å². The van der Waals surface area contributed by atoms with E-state index in [1.807, 2.05) is 19.1 Å². The van der Waals surface area contributed by atoms with Gasteiger partial charge in [-0.25, -0.2) is 0 Å². The number of aryl methyl sites for hydroxylation is 1. The van der Waals surface area contributed by atoms with Crippen LogP contribution in [0.2, 0.25) is 0 Å². The smallest absolute Gasteiger partial charge is 0.428 e. The van der Waals surface area contributed by atoms with E-state index in [1.54, 1.807) is 6.07 Å². The van der Waals surface area contributed by atoms with Crippen LogP contribution in [0, 0.1) is 0 Å². The molecule has 0 spiro atoms. The van der Waals surface area contributed by atoms with Crippen LogP contribution in [0.4, 0.5) is 13.2 Å². The first-order chi connectivity index (χ1) is 16.8. The SMILES string of the molecule is CCCCCCCc1ccc(-c2ccc(OCC(OC(=O)CCCCCC)C(F)(F)F)nn2)cc1. The Morgan fingerprint density at radius 2 is 1.51 bits per heavy atom. The third-order valence-corrected chi connectivity index (χ3v) is 5.71. The van der Waals surface area contributed by atoms with E-state index in [9.17, 15) is 18.0 Å². The number of nitrogens with zero attached hydrogens (tertiary/aromatic N) is 2. The fourth-order valence-electron chi connectivity index (χ4n) is 3.60. The molecule has 0 amide bonds. The Bertz CT molecular complexity index is 855. The van der Waals surface area contributed by atoms with Gasteiger partial charge in [-0.05, 0) is 30.9 Å². The zero-order valence-electron chi connectivity index (χ0n) is 20.8. The predicted octanol–water partition coefficient (Wildman–Crippen LogP) is 7.48. The van der Waals surface area contributed by atoms with Crippen LogP contribution in [0.5, 0.6) is 5.88 Å². The van der Waals surface area contributed by atoms with Gasteiger partial charge in [0.05, 0.1) is 5.69 Å². The quantitative estimate of drug-likeness (QED) is 0.179. The molecule has 2 rings (SSSR count). The lowest BCUT2D eigenvalue weighted by atomic mass is 10.0. The van der Waals surface area contributed by atoms with Crippen LogP contribution in [0.3, 0.4) is 0 Å². The number of esters is 1. The summed E-state index contributed by atoms with van der Waals surface area (Å²) in [6.45, 7) is 3.34. The van der Waals surface area contributed by atoms with Gasteiger partial charge in [-0.1, -0.05) is 83.1 Å². The molecule has 0 fully saturated rings. The summed E-state index contributed by atoms with van der Waals surface area (Å²) >= 11 is 0. The molecule has 1 aromatic heterocycles. The molecule has 194 valence electrons. The average molecular weight is 495 g/mol. The lowest BCUT2D eigenvalue weighted by Crippen LogP contribution is -2.38. The molecule has 35 heavy (non-hydrogen) atoms. The van der Waals surface area contributed by atoms with Gasteiger partial charge in [-0.3, -0.25) is 4.79 Å². The second-order valence-electron chi connectivity index (χ2n) is 8.76. The number of carbonyl (C=O) groups is 1. The Balaban J connectivity index is 1.85. The van der Waals surface area contributed by atoms with Crippen molar-refractivity contribution < 1.29 is 27.4 Å². The maximum Gasteiger partial charge on any atom is 0.428 e. The highest BCUT2D eigenvalue weighted by atomic mass is 19.4. The third kappa shape index (κ3) is 11.1. The van der Waals surface area contributed by atoms with Crippen molar-refractivity contribution in [3.63, 3.8) is 0 Å². The summed E-state index contributed by atoms with van der Waals surface area (Å²) in [5, 5.41) is 7.95. The van der Waals surface area contributed by atoms with E-state index in [0.29, 0.717) is 12.1 Å². The van der Waals surface area contributed by atoms with Crippen molar-refractivity contribution in [2.24, 2.45) is 0 Å². The highest BCUT2D eigenvalue weighted by molar-refractivity contribution is 5.69. The number of aromatic nitrogens is 2. The Morgan fingerprint density at radius 3 is 2.11 bits per heavy atom. The van der Waals surface area contributed by atoms with E-state index in [2.05, 4.69) is 34.0 Å². The van der Waals surface area contributed by atoms with Crippen molar-refractivity contribution in [3.8, 4) is 17.1 Å². The van der Waals surface area contributed by atoms with Crippen molar-refractivity contribution in [3.05, 3.63) is 42.0 Å². The second-order valence-corrected chi connectivity index (χ2v) is 8.76. The first-order valence-electron chi connectivity index (χ1n) is 12.7. The zero-order valence-corrected chi connectivity index (χ0v) is 20.8. The maximum atomic E-state index is 13.3. The maximum absolute atomic E-state index is 13.3. The Hall–Kier alpha value is -2.64. The molecule has 1 aromatic carbocycles. The van der Waals surface area contributed by atoms with Gasteiger partial charge >= 0.3 is 12.1 Å². The molecule has 0 bridgehead atoms. The third-order valence-electron chi connectivity index (χ3n) is 5.71. The number of ether oxygens (including phenoxy) is 2. The minimum absolute atomic E-state index is 0.0429. The summed E-state index contributed by atoms with van der Waals surface area (Å²) in [5.41, 5.74) is 2.72. The lowest BCUT2D eigenvalue weighted by molar-refractivity contribution is -0.227. The number of carbonyl (C=O) groups excluding carboxylic acids is 1. The molecule has 8 heteroatoms. The van der Waals surface area contributed by atoms with Crippen LogP contribution >= 0.6 is 0 Å². The predicted molar refractivity (Wildman–Crippen MR) is 130 cm³/mol. The van der Waals surface area contributed by atoms with Crippen molar-refractivity contribution >= 4 is 5.97 Å². The number of halogens is 3. The molecule has 0 aliphatic carbocycles. The summed E-state index contributed by atoms with van der Waals surface area (Å²) in [6, 6.07) is 11.2. The van der Waals surface area contributed by atoms with Crippen LogP contribution in [0.15, 0.2) is 36.4 Å². The summed E-state index contributed by atoms with van der Waals surface area (Å²) < 4.78 is 49.6. The van der Waals surface area contributed by atoms with Gasteiger partial charge in [-0.15, -0.1) is 10.2 Å². The number of unbranched alkanes of at least 4 members (excludes halogenated alkanes) is 7. The van der Waals surface area contributed by atoms with Gasteiger partial charge in [0.15, 0.2) is 0 Å². The van der Waals surface area contributed by atoms with Crippen molar-refractivity contribution in [1.29, 1.82) is 0 Å². The van der Waals surface area contributed by atoms with E-state index in [4.69, 9.17) is 4.74 Å².